The van der Waals surface area contributed by atoms with Crippen LogP contribution in [0, 0.1) is 6.92 Å². The normalized spacial score (nSPS) is 10.7. The highest BCUT2D eigenvalue weighted by Gasteiger charge is 2.12. The van der Waals surface area contributed by atoms with Gasteiger partial charge in [-0.05, 0) is 19.1 Å². The van der Waals surface area contributed by atoms with Crippen molar-refractivity contribution in [1.82, 2.24) is 15.2 Å². The number of benzene rings is 1. The number of methoxy groups -OCH3 is 2. The third kappa shape index (κ3) is 3.82. The third-order valence-corrected chi connectivity index (χ3v) is 5.97. The zero-order valence-electron chi connectivity index (χ0n) is 12.9. The van der Waals surface area contributed by atoms with E-state index < -0.39 is 0 Å². The monoisotopic (exact) mass is 365 g/mol. The van der Waals surface area contributed by atoms with Crippen LogP contribution in [0.2, 0.25) is 0 Å². The van der Waals surface area contributed by atoms with Crippen molar-refractivity contribution in [3.63, 3.8) is 0 Å². The van der Waals surface area contributed by atoms with E-state index in [1.54, 1.807) is 48.7 Å². The highest BCUT2D eigenvalue weighted by atomic mass is 32.2. The molecule has 0 N–H and O–H groups in total. The van der Waals surface area contributed by atoms with Crippen LogP contribution in [0.5, 0.6) is 11.5 Å². The largest absolute Gasteiger partial charge is 0.497 e. The summed E-state index contributed by atoms with van der Waals surface area (Å²) in [6, 6.07) is 5.76. The fraction of sp³-hybridized carbons (Fsp3) is 0.267. The predicted molar refractivity (Wildman–Crippen MR) is 94.9 cm³/mol. The van der Waals surface area contributed by atoms with Gasteiger partial charge in [0.2, 0.25) is 0 Å². The number of aromatic nitrogens is 3. The van der Waals surface area contributed by atoms with Gasteiger partial charge in [0.15, 0.2) is 4.34 Å². The van der Waals surface area contributed by atoms with Crippen LogP contribution >= 0.6 is 34.4 Å². The van der Waals surface area contributed by atoms with Crippen LogP contribution in [0.1, 0.15) is 10.7 Å². The molecule has 3 rings (SSSR count). The summed E-state index contributed by atoms with van der Waals surface area (Å²) in [6.45, 7) is 1.96. The van der Waals surface area contributed by atoms with Crippen LogP contribution in [0.25, 0.3) is 10.6 Å². The molecule has 0 bridgehead atoms. The Kier molecular flexibility index (Phi) is 5.14. The van der Waals surface area contributed by atoms with Gasteiger partial charge in [-0.1, -0.05) is 23.1 Å². The van der Waals surface area contributed by atoms with Gasteiger partial charge < -0.3 is 9.47 Å². The summed E-state index contributed by atoms with van der Waals surface area (Å²) in [7, 11) is 3.29. The number of rotatable bonds is 6. The molecule has 0 aliphatic rings. The maximum Gasteiger partial charge on any atom is 0.174 e. The van der Waals surface area contributed by atoms with Gasteiger partial charge in [-0.2, -0.15) is 0 Å². The maximum absolute atomic E-state index is 5.45. The Morgan fingerprint density at radius 3 is 2.74 bits per heavy atom. The lowest BCUT2D eigenvalue weighted by atomic mass is 10.2. The molecule has 120 valence electrons. The minimum atomic E-state index is 0.762. The molecule has 2 heterocycles. The standard InChI is InChI=1S/C15H15N3O2S3/c1-9-17-18-15(23-9)22-8-10-7-21-14(16-10)12-5-4-11(19-2)6-13(12)20-3/h4-7H,8H2,1-3H3. The minimum absolute atomic E-state index is 0.762. The van der Waals surface area contributed by atoms with Crippen molar-refractivity contribution in [2.24, 2.45) is 0 Å². The van der Waals surface area contributed by atoms with Crippen LogP contribution in [-0.4, -0.2) is 29.4 Å². The molecule has 0 unspecified atom stereocenters. The van der Waals surface area contributed by atoms with Crippen molar-refractivity contribution in [3.05, 3.63) is 34.3 Å². The second kappa shape index (κ2) is 7.29. The molecule has 1 aromatic carbocycles. The van der Waals surface area contributed by atoms with Gasteiger partial charge in [0.1, 0.15) is 21.5 Å². The molecule has 0 aliphatic carbocycles. The van der Waals surface area contributed by atoms with Crippen molar-refractivity contribution in [3.8, 4) is 22.1 Å². The van der Waals surface area contributed by atoms with Crippen LogP contribution in [0.15, 0.2) is 27.9 Å². The fourth-order valence-corrected chi connectivity index (χ4v) is 4.61. The lowest BCUT2D eigenvalue weighted by molar-refractivity contribution is 0.395. The van der Waals surface area contributed by atoms with Crippen LogP contribution in [0.3, 0.4) is 0 Å². The maximum atomic E-state index is 5.45. The van der Waals surface area contributed by atoms with Crippen molar-refractivity contribution in [2.75, 3.05) is 14.2 Å². The summed E-state index contributed by atoms with van der Waals surface area (Å²) in [5.74, 6) is 2.31. The van der Waals surface area contributed by atoms with E-state index in [-0.39, 0.29) is 0 Å². The molecule has 5 nitrogen and oxygen atoms in total. The molecule has 8 heteroatoms. The van der Waals surface area contributed by atoms with Crippen LogP contribution < -0.4 is 9.47 Å². The summed E-state index contributed by atoms with van der Waals surface area (Å²) in [5.41, 5.74) is 2.00. The van der Waals surface area contributed by atoms with E-state index in [2.05, 4.69) is 15.6 Å². The zero-order chi connectivity index (χ0) is 16.2. The third-order valence-electron chi connectivity index (χ3n) is 3.04. The molecule has 0 fully saturated rings. The summed E-state index contributed by atoms with van der Waals surface area (Å²) in [5, 5.41) is 12.1. The van der Waals surface area contributed by atoms with Crippen molar-refractivity contribution < 1.29 is 9.47 Å². The first-order valence-corrected chi connectivity index (χ1v) is 9.47. The summed E-state index contributed by atoms with van der Waals surface area (Å²) >= 11 is 4.87. The Morgan fingerprint density at radius 1 is 1.17 bits per heavy atom. The molecule has 0 aliphatic heterocycles. The molecule has 0 saturated heterocycles. The van der Waals surface area contributed by atoms with E-state index in [0.29, 0.717) is 0 Å². The SMILES string of the molecule is COc1ccc(-c2nc(CSc3nnc(C)s3)cs2)c(OC)c1. The molecule has 2 aromatic heterocycles. The number of nitrogens with zero attached hydrogens (tertiary/aromatic N) is 3. The number of aryl methyl sites for hydroxylation is 1. The average molecular weight is 366 g/mol. The smallest absolute Gasteiger partial charge is 0.174 e. The average Bonchev–Trinajstić information content (AvgIpc) is 3.21. The molecule has 0 spiro atoms. The molecule has 0 radical (unpaired) electrons. The Labute approximate surface area is 146 Å². The molecule has 0 amide bonds. The van der Waals surface area contributed by atoms with E-state index in [1.165, 1.54) is 0 Å². The van der Waals surface area contributed by atoms with Crippen LogP contribution in [0.4, 0.5) is 0 Å². The second-order valence-corrected chi connectivity index (χ2v) is 7.85. The molecule has 23 heavy (non-hydrogen) atoms. The molecular formula is C15H15N3O2S3. The number of thioether (sulfide) groups is 1. The summed E-state index contributed by atoms with van der Waals surface area (Å²) in [4.78, 5) is 4.70. The summed E-state index contributed by atoms with van der Waals surface area (Å²) < 4.78 is 11.7. The van der Waals surface area contributed by atoms with Crippen molar-refractivity contribution in [1.29, 1.82) is 0 Å². The van der Waals surface area contributed by atoms with E-state index in [4.69, 9.17) is 14.5 Å². The van der Waals surface area contributed by atoms with E-state index in [9.17, 15) is 0 Å². The lowest BCUT2D eigenvalue weighted by Gasteiger charge is -2.08. The first kappa shape index (κ1) is 16.2. The predicted octanol–water partition coefficient (Wildman–Crippen LogP) is 4.28. The number of ether oxygens (including phenoxy) is 2. The Balaban J connectivity index is 1.76. The topological polar surface area (TPSA) is 57.1 Å². The minimum Gasteiger partial charge on any atom is -0.497 e. The van der Waals surface area contributed by atoms with Gasteiger partial charge in [-0.25, -0.2) is 4.98 Å². The Morgan fingerprint density at radius 2 is 2.04 bits per heavy atom. The van der Waals surface area contributed by atoms with Gasteiger partial charge >= 0.3 is 0 Å². The number of hydrogen-bond acceptors (Lipinski definition) is 8. The van der Waals surface area contributed by atoms with Gasteiger partial charge in [0.25, 0.3) is 0 Å². The molecule has 0 atom stereocenters. The highest BCUT2D eigenvalue weighted by molar-refractivity contribution is 8.00. The Bertz CT molecular complexity index is 801. The first-order chi connectivity index (χ1) is 11.2. The van der Waals surface area contributed by atoms with Crippen molar-refractivity contribution >= 4 is 34.4 Å². The van der Waals surface area contributed by atoms with E-state index >= 15 is 0 Å². The molecule has 3 aromatic rings. The Hall–Kier alpha value is -1.64. The van der Waals surface area contributed by atoms with Crippen LogP contribution in [-0.2, 0) is 5.75 Å². The molecule has 0 saturated carbocycles. The van der Waals surface area contributed by atoms with Gasteiger partial charge in [-0.3, -0.25) is 0 Å². The van der Waals surface area contributed by atoms with Gasteiger partial charge in [0.05, 0.1) is 25.5 Å². The van der Waals surface area contributed by atoms with E-state index in [0.717, 1.165) is 42.9 Å². The first-order valence-electron chi connectivity index (χ1n) is 6.79. The van der Waals surface area contributed by atoms with E-state index in [1.807, 2.05) is 25.1 Å². The lowest BCUT2D eigenvalue weighted by Crippen LogP contribution is -1.90. The number of thiazole rings is 1. The highest BCUT2D eigenvalue weighted by Crippen LogP contribution is 2.36. The van der Waals surface area contributed by atoms with Crippen molar-refractivity contribution in [2.45, 2.75) is 17.0 Å². The van der Waals surface area contributed by atoms with Gasteiger partial charge in [-0.15, -0.1) is 21.5 Å². The quantitative estimate of drug-likeness (QED) is 0.608. The van der Waals surface area contributed by atoms with Gasteiger partial charge in [0, 0.05) is 17.2 Å². The second-order valence-electron chi connectivity index (χ2n) is 4.59. The molecular weight excluding hydrogens is 350 g/mol. The fourth-order valence-electron chi connectivity index (χ4n) is 1.94. The summed E-state index contributed by atoms with van der Waals surface area (Å²) in [6.07, 6.45) is 0. The zero-order valence-corrected chi connectivity index (χ0v) is 15.3. The number of hydrogen-bond donors (Lipinski definition) is 0.